The molecule has 0 aliphatic carbocycles. The molecule has 1 amide bonds. The van der Waals surface area contributed by atoms with Gasteiger partial charge >= 0.3 is 0 Å². The van der Waals surface area contributed by atoms with E-state index >= 15 is 0 Å². The number of benzene rings is 1. The maximum atomic E-state index is 12.0. The molecule has 1 aromatic rings. The Morgan fingerprint density at radius 3 is 2.56 bits per heavy atom. The fraction of sp³-hybridized carbons (Fsp3) is 0.417. The average Bonchev–Trinajstić information content (AvgIpc) is 2.77. The predicted octanol–water partition coefficient (Wildman–Crippen LogP) is 2.59. The van der Waals surface area contributed by atoms with Crippen molar-refractivity contribution in [3.8, 4) is 5.75 Å². The molecule has 3 nitrogen and oxygen atoms in total. The summed E-state index contributed by atoms with van der Waals surface area (Å²) >= 11 is 5.85. The van der Waals surface area contributed by atoms with Gasteiger partial charge in [0.25, 0.3) is 5.91 Å². The maximum absolute atomic E-state index is 12.0. The largest absolute Gasteiger partial charge is 0.506 e. The van der Waals surface area contributed by atoms with Gasteiger partial charge in [-0.15, -0.1) is 0 Å². The van der Waals surface area contributed by atoms with Crippen molar-refractivity contribution < 1.29 is 9.90 Å². The first-order valence-electron chi connectivity index (χ1n) is 5.38. The molecule has 1 saturated heterocycles. The Balaban J connectivity index is 2.29. The van der Waals surface area contributed by atoms with Gasteiger partial charge in [-0.05, 0) is 37.5 Å². The Labute approximate surface area is 99.6 Å². The van der Waals surface area contributed by atoms with Crippen LogP contribution in [0.4, 0.5) is 0 Å². The van der Waals surface area contributed by atoms with E-state index in [1.165, 1.54) is 6.07 Å². The quantitative estimate of drug-likeness (QED) is 0.818. The molecule has 0 saturated carbocycles. The molecule has 0 aromatic heterocycles. The molecule has 0 radical (unpaired) electrons. The van der Waals surface area contributed by atoms with Gasteiger partial charge in [0.2, 0.25) is 0 Å². The van der Waals surface area contributed by atoms with Crippen molar-refractivity contribution in [1.29, 1.82) is 0 Å². The predicted molar refractivity (Wildman–Crippen MR) is 63.0 cm³/mol. The molecule has 1 N–H and O–H groups in total. The normalized spacial score (nSPS) is 15.5. The third-order valence-corrected chi connectivity index (χ3v) is 3.18. The average molecular weight is 240 g/mol. The number of amides is 1. The van der Waals surface area contributed by atoms with Gasteiger partial charge in [0.1, 0.15) is 5.75 Å². The number of aryl methyl sites for hydroxylation is 1. The van der Waals surface area contributed by atoms with Gasteiger partial charge in [-0.25, -0.2) is 0 Å². The van der Waals surface area contributed by atoms with E-state index < -0.39 is 0 Å². The monoisotopic (exact) mass is 239 g/mol. The number of phenols is 1. The van der Waals surface area contributed by atoms with Crippen LogP contribution in [0, 0.1) is 6.92 Å². The summed E-state index contributed by atoms with van der Waals surface area (Å²) in [5.74, 6) is 0.0575. The summed E-state index contributed by atoms with van der Waals surface area (Å²) in [7, 11) is 0. The highest BCUT2D eigenvalue weighted by molar-refractivity contribution is 6.32. The Hall–Kier alpha value is -1.22. The summed E-state index contributed by atoms with van der Waals surface area (Å²) in [6.07, 6.45) is 2.13. The van der Waals surface area contributed by atoms with Crippen LogP contribution in [-0.4, -0.2) is 29.0 Å². The SMILES string of the molecule is Cc1cc(C(=O)N2CCCC2)cc(Cl)c1O. The molecule has 0 bridgehead atoms. The first-order valence-corrected chi connectivity index (χ1v) is 5.76. The van der Waals surface area contributed by atoms with Crippen molar-refractivity contribution in [3.05, 3.63) is 28.3 Å². The standard InChI is InChI=1S/C12H14ClNO2/c1-8-6-9(7-10(13)11(8)15)12(16)14-4-2-3-5-14/h6-7,15H,2-5H2,1H3. The summed E-state index contributed by atoms with van der Waals surface area (Å²) < 4.78 is 0. The molecule has 0 spiro atoms. The molecule has 1 aromatic carbocycles. The second-order valence-electron chi connectivity index (χ2n) is 4.12. The Morgan fingerprint density at radius 1 is 1.38 bits per heavy atom. The van der Waals surface area contributed by atoms with Crippen molar-refractivity contribution in [2.45, 2.75) is 19.8 Å². The molecule has 16 heavy (non-hydrogen) atoms. The molecule has 1 aliphatic heterocycles. The van der Waals surface area contributed by atoms with Crippen LogP contribution in [-0.2, 0) is 0 Å². The number of rotatable bonds is 1. The summed E-state index contributed by atoms with van der Waals surface area (Å²) in [4.78, 5) is 13.9. The second-order valence-corrected chi connectivity index (χ2v) is 4.53. The van der Waals surface area contributed by atoms with Crippen molar-refractivity contribution >= 4 is 17.5 Å². The zero-order valence-corrected chi connectivity index (χ0v) is 9.92. The molecule has 1 heterocycles. The minimum absolute atomic E-state index is 0.00231. The van der Waals surface area contributed by atoms with Gasteiger partial charge in [-0.1, -0.05) is 11.6 Å². The van der Waals surface area contributed by atoms with Crippen LogP contribution in [0.2, 0.25) is 5.02 Å². The number of hydrogen-bond acceptors (Lipinski definition) is 2. The highest BCUT2D eigenvalue weighted by atomic mass is 35.5. The Morgan fingerprint density at radius 2 is 2.00 bits per heavy atom. The van der Waals surface area contributed by atoms with Crippen LogP contribution in [0.3, 0.4) is 0 Å². The number of carbonyl (C=O) groups excluding carboxylic acids is 1. The summed E-state index contributed by atoms with van der Waals surface area (Å²) in [6.45, 7) is 3.37. The summed E-state index contributed by atoms with van der Waals surface area (Å²) in [5.41, 5.74) is 1.19. The zero-order chi connectivity index (χ0) is 11.7. The topological polar surface area (TPSA) is 40.5 Å². The first kappa shape index (κ1) is 11.3. The minimum atomic E-state index is 0.00231. The lowest BCUT2D eigenvalue weighted by molar-refractivity contribution is 0.0792. The van der Waals surface area contributed by atoms with Crippen LogP contribution in [0.25, 0.3) is 0 Å². The number of aromatic hydroxyl groups is 1. The molecule has 1 fully saturated rings. The lowest BCUT2D eigenvalue weighted by atomic mass is 10.1. The number of carbonyl (C=O) groups is 1. The van der Waals surface area contributed by atoms with Crippen molar-refractivity contribution in [2.24, 2.45) is 0 Å². The van der Waals surface area contributed by atoms with Crippen LogP contribution in [0.1, 0.15) is 28.8 Å². The third kappa shape index (κ3) is 2.00. The van der Waals surface area contributed by atoms with Crippen LogP contribution in [0.15, 0.2) is 12.1 Å². The zero-order valence-electron chi connectivity index (χ0n) is 9.16. The van der Waals surface area contributed by atoms with E-state index in [9.17, 15) is 9.90 Å². The summed E-state index contributed by atoms with van der Waals surface area (Å²) in [6, 6.07) is 3.21. The second kappa shape index (κ2) is 4.34. The van der Waals surface area contributed by atoms with E-state index in [1.54, 1.807) is 13.0 Å². The van der Waals surface area contributed by atoms with E-state index in [2.05, 4.69) is 0 Å². The fourth-order valence-electron chi connectivity index (χ4n) is 1.96. The first-order chi connectivity index (χ1) is 7.59. The highest BCUT2D eigenvalue weighted by Gasteiger charge is 2.20. The molecular weight excluding hydrogens is 226 g/mol. The van der Waals surface area contributed by atoms with Gasteiger partial charge < -0.3 is 10.0 Å². The number of hydrogen-bond donors (Lipinski definition) is 1. The molecular formula is C12H14ClNO2. The van der Waals surface area contributed by atoms with Gasteiger partial charge in [-0.2, -0.15) is 0 Å². The van der Waals surface area contributed by atoms with E-state index in [0.717, 1.165) is 25.9 Å². The van der Waals surface area contributed by atoms with Crippen LogP contribution in [0.5, 0.6) is 5.75 Å². The number of nitrogens with zero attached hydrogens (tertiary/aromatic N) is 1. The minimum Gasteiger partial charge on any atom is -0.506 e. The molecule has 0 unspecified atom stereocenters. The lowest BCUT2D eigenvalue weighted by Gasteiger charge is -2.16. The number of halogens is 1. The number of phenolic OH excluding ortho intramolecular Hbond substituents is 1. The van der Waals surface area contributed by atoms with Gasteiger partial charge in [0, 0.05) is 18.7 Å². The lowest BCUT2D eigenvalue weighted by Crippen LogP contribution is -2.27. The smallest absolute Gasteiger partial charge is 0.253 e. The molecule has 4 heteroatoms. The van der Waals surface area contributed by atoms with E-state index in [4.69, 9.17) is 11.6 Å². The van der Waals surface area contributed by atoms with E-state index in [0.29, 0.717) is 11.1 Å². The van der Waals surface area contributed by atoms with Crippen molar-refractivity contribution in [2.75, 3.05) is 13.1 Å². The molecule has 0 atom stereocenters. The van der Waals surface area contributed by atoms with Crippen molar-refractivity contribution in [3.63, 3.8) is 0 Å². The van der Waals surface area contributed by atoms with Gasteiger partial charge in [0.15, 0.2) is 0 Å². The van der Waals surface area contributed by atoms with Crippen molar-refractivity contribution in [1.82, 2.24) is 4.90 Å². The summed E-state index contributed by atoms with van der Waals surface area (Å²) in [5, 5.41) is 9.76. The fourth-order valence-corrected chi connectivity index (χ4v) is 2.23. The Bertz CT molecular complexity index is 402. The molecule has 1 aliphatic rings. The highest BCUT2D eigenvalue weighted by Crippen LogP contribution is 2.29. The number of likely N-dealkylation sites (tertiary alicyclic amines) is 1. The van der Waals surface area contributed by atoms with Gasteiger partial charge in [-0.3, -0.25) is 4.79 Å². The van der Waals surface area contributed by atoms with E-state index in [-0.39, 0.29) is 16.7 Å². The third-order valence-electron chi connectivity index (χ3n) is 2.89. The molecule has 2 rings (SSSR count). The van der Waals surface area contributed by atoms with Crippen LogP contribution < -0.4 is 0 Å². The maximum Gasteiger partial charge on any atom is 0.253 e. The molecule has 86 valence electrons. The van der Waals surface area contributed by atoms with Gasteiger partial charge in [0.05, 0.1) is 5.02 Å². The Kier molecular flexibility index (Phi) is 3.06. The van der Waals surface area contributed by atoms with Crippen LogP contribution >= 0.6 is 11.6 Å². The van der Waals surface area contributed by atoms with E-state index in [1.807, 2.05) is 4.90 Å².